The molecule has 6 rings (SSSR count). The molecule has 8 heteroatoms. The van der Waals surface area contributed by atoms with Gasteiger partial charge in [0.1, 0.15) is 5.52 Å². The Morgan fingerprint density at radius 3 is 2.68 bits per heavy atom. The van der Waals surface area contributed by atoms with Gasteiger partial charge in [0.25, 0.3) is 5.56 Å². The monoisotopic (exact) mass is 430 g/mol. The minimum Gasteiger partial charge on any atom is -0.328 e. The molecule has 3 aromatic heterocycles. The van der Waals surface area contributed by atoms with E-state index in [4.69, 9.17) is 11.6 Å². The first-order chi connectivity index (χ1) is 15.1. The van der Waals surface area contributed by atoms with Crippen molar-refractivity contribution in [3.63, 3.8) is 0 Å². The Balaban J connectivity index is 1.62. The fourth-order valence-corrected chi connectivity index (χ4v) is 4.21. The zero-order chi connectivity index (χ0) is 21.1. The molecular weight excluding hydrogens is 412 g/mol. The summed E-state index contributed by atoms with van der Waals surface area (Å²) in [6.45, 7) is 0.851. The van der Waals surface area contributed by atoms with Crippen LogP contribution in [0.2, 0.25) is 5.02 Å². The average Bonchev–Trinajstić information content (AvgIpc) is 3.37. The summed E-state index contributed by atoms with van der Waals surface area (Å²) in [4.78, 5) is 18.3. The van der Waals surface area contributed by atoms with Gasteiger partial charge in [-0.2, -0.15) is 9.78 Å². The normalized spacial score (nSPS) is 14.0. The lowest BCUT2D eigenvalue weighted by molar-refractivity contribution is 0.642. The van der Waals surface area contributed by atoms with Gasteiger partial charge in [0, 0.05) is 30.2 Å². The smallest absolute Gasteiger partial charge is 0.281 e. The minimum absolute atomic E-state index is 0.185. The second-order valence-electron chi connectivity index (χ2n) is 8.16. The SMILES string of the molecule is Cn1cc2cc(-n3nc4ncn(CC5CC5)c4c(-c4ccc(Cl)cc4)c3=O)ccc2n1. The molecule has 0 radical (unpaired) electrons. The molecule has 0 spiro atoms. The van der Waals surface area contributed by atoms with Gasteiger partial charge in [-0.25, -0.2) is 4.98 Å². The van der Waals surface area contributed by atoms with Crippen molar-refractivity contribution in [3.05, 3.63) is 70.4 Å². The molecule has 7 nitrogen and oxygen atoms in total. The van der Waals surface area contributed by atoms with Crippen molar-refractivity contribution in [2.24, 2.45) is 13.0 Å². The topological polar surface area (TPSA) is 70.5 Å². The van der Waals surface area contributed by atoms with Gasteiger partial charge in [0.2, 0.25) is 0 Å². The summed E-state index contributed by atoms with van der Waals surface area (Å²) in [6, 6.07) is 13.0. The number of nitrogens with zero attached hydrogens (tertiary/aromatic N) is 6. The second-order valence-corrected chi connectivity index (χ2v) is 8.59. The van der Waals surface area contributed by atoms with Crippen LogP contribution in [0.15, 0.2) is 59.8 Å². The molecule has 3 heterocycles. The van der Waals surface area contributed by atoms with Crippen LogP contribution in [0.1, 0.15) is 12.8 Å². The third-order valence-electron chi connectivity index (χ3n) is 5.79. The first kappa shape index (κ1) is 18.3. The zero-order valence-corrected chi connectivity index (χ0v) is 17.6. The molecule has 2 aromatic carbocycles. The highest BCUT2D eigenvalue weighted by Crippen LogP contribution is 2.33. The predicted octanol–water partition coefficient (Wildman–Crippen LogP) is 4.20. The van der Waals surface area contributed by atoms with Crippen LogP contribution in [0, 0.1) is 5.92 Å². The van der Waals surface area contributed by atoms with Crippen molar-refractivity contribution in [3.8, 4) is 16.8 Å². The second kappa shape index (κ2) is 6.78. The van der Waals surface area contributed by atoms with E-state index in [1.165, 1.54) is 17.5 Å². The van der Waals surface area contributed by atoms with E-state index in [9.17, 15) is 4.79 Å². The van der Waals surface area contributed by atoms with Crippen LogP contribution >= 0.6 is 11.6 Å². The quantitative estimate of drug-likeness (QED) is 0.428. The number of hydrogen-bond donors (Lipinski definition) is 0. The fourth-order valence-electron chi connectivity index (χ4n) is 4.08. The number of aryl methyl sites for hydroxylation is 1. The maximum absolute atomic E-state index is 13.8. The molecule has 0 amide bonds. The Bertz CT molecular complexity index is 1510. The highest BCUT2D eigenvalue weighted by Gasteiger charge is 2.25. The molecule has 0 aliphatic heterocycles. The third-order valence-corrected chi connectivity index (χ3v) is 6.04. The van der Waals surface area contributed by atoms with E-state index in [1.54, 1.807) is 23.1 Å². The third kappa shape index (κ3) is 3.13. The van der Waals surface area contributed by atoms with E-state index in [2.05, 4.69) is 19.7 Å². The van der Waals surface area contributed by atoms with Crippen LogP contribution in [0.4, 0.5) is 0 Å². The largest absolute Gasteiger partial charge is 0.328 e. The molecule has 0 unspecified atom stereocenters. The molecule has 0 N–H and O–H groups in total. The van der Waals surface area contributed by atoms with Crippen molar-refractivity contribution in [2.75, 3.05) is 0 Å². The van der Waals surface area contributed by atoms with Gasteiger partial charge < -0.3 is 4.57 Å². The first-order valence-corrected chi connectivity index (χ1v) is 10.6. The Hall–Kier alpha value is -3.45. The van der Waals surface area contributed by atoms with Gasteiger partial charge in [0.05, 0.1) is 23.1 Å². The molecule has 154 valence electrons. The van der Waals surface area contributed by atoms with Gasteiger partial charge >= 0.3 is 0 Å². The Kier molecular flexibility index (Phi) is 4.01. The number of aromatic nitrogens is 6. The van der Waals surface area contributed by atoms with E-state index in [-0.39, 0.29) is 5.56 Å². The van der Waals surface area contributed by atoms with Crippen LogP contribution in [0.5, 0.6) is 0 Å². The maximum atomic E-state index is 13.8. The molecule has 1 fully saturated rings. The van der Waals surface area contributed by atoms with Gasteiger partial charge in [-0.3, -0.25) is 9.48 Å². The van der Waals surface area contributed by atoms with Gasteiger partial charge in [-0.05, 0) is 54.7 Å². The van der Waals surface area contributed by atoms with Crippen LogP contribution in [0.25, 0.3) is 38.9 Å². The summed E-state index contributed by atoms with van der Waals surface area (Å²) in [6.07, 6.45) is 6.15. The lowest BCUT2D eigenvalue weighted by atomic mass is 10.1. The Labute approximate surface area is 182 Å². The molecule has 0 bridgehead atoms. The number of imidazole rings is 1. The van der Waals surface area contributed by atoms with Crippen molar-refractivity contribution in [1.82, 2.24) is 29.1 Å². The summed E-state index contributed by atoms with van der Waals surface area (Å²) in [5.74, 6) is 0.644. The lowest BCUT2D eigenvalue weighted by Gasteiger charge is -2.11. The van der Waals surface area contributed by atoms with Crippen molar-refractivity contribution >= 4 is 33.7 Å². The summed E-state index contributed by atoms with van der Waals surface area (Å²) in [7, 11) is 1.88. The van der Waals surface area contributed by atoms with Crippen LogP contribution < -0.4 is 5.56 Å². The lowest BCUT2D eigenvalue weighted by Crippen LogP contribution is -2.24. The van der Waals surface area contributed by atoms with Gasteiger partial charge in [0.15, 0.2) is 5.65 Å². The average molecular weight is 431 g/mol. The molecule has 0 atom stereocenters. The van der Waals surface area contributed by atoms with E-state index in [1.807, 2.05) is 43.6 Å². The number of benzene rings is 2. The predicted molar refractivity (Wildman–Crippen MR) is 121 cm³/mol. The highest BCUT2D eigenvalue weighted by molar-refractivity contribution is 6.30. The molecule has 1 saturated carbocycles. The first-order valence-electron chi connectivity index (χ1n) is 10.2. The van der Waals surface area contributed by atoms with E-state index in [0.717, 1.165) is 28.5 Å². The van der Waals surface area contributed by atoms with E-state index in [0.29, 0.717) is 27.8 Å². The Morgan fingerprint density at radius 2 is 1.90 bits per heavy atom. The van der Waals surface area contributed by atoms with Gasteiger partial charge in [-0.15, -0.1) is 5.10 Å². The Morgan fingerprint density at radius 1 is 1.10 bits per heavy atom. The summed E-state index contributed by atoms with van der Waals surface area (Å²) in [5.41, 5.74) is 4.08. The van der Waals surface area contributed by atoms with Crippen LogP contribution in [-0.2, 0) is 13.6 Å². The molecule has 0 saturated heterocycles. The van der Waals surface area contributed by atoms with Crippen molar-refractivity contribution < 1.29 is 0 Å². The van der Waals surface area contributed by atoms with Crippen LogP contribution in [0.3, 0.4) is 0 Å². The number of fused-ring (bicyclic) bond motifs is 2. The molecule has 1 aliphatic rings. The van der Waals surface area contributed by atoms with Crippen molar-refractivity contribution in [2.45, 2.75) is 19.4 Å². The fraction of sp³-hybridized carbons (Fsp3) is 0.217. The van der Waals surface area contributed by atoms with Crippen molar-refractivity contribution in [1.29, 1.82) is 0 Å². The molecule has 5 aromatic rings. The summed E-state index contributed by atoms with van der Waals surface area (Å²) < 4.78 is 5.26. The summed E-state index contributed by atoms with van der Waals surface area (Å²) in [5, 5.41) is 10.6. The number of halogens is 1. The van der Waals surface area contributed by atoms with E-state index >= 15 is 0 Å². The molecule has 31 heavy (non-hydrogen) atoms. The van der Waals surface area contributed by atoms with Crippen LogP contribution in [-0.4, -0.2) is 29.1 Å². The van der Waals surface area contributed by atoms with Gasteiger partial charge in [-0.1, -0.05) is 23.7 Å². The maximum Gasteiger partial charge on any atom is 0.281 e. The summed E-state index contributed by atoms with van der Waals surface area (Å²) >= 11 is 6.11. The standard InChI is InChI=1S/C23H19ClN6O/c1-28-12-16-10-18(8-9-19(16)26-28)30-23(31)20(15-4-6-17(24)7-5-15)21-22(27-30)25-13-29(21)11-14-2-3-14/h4-10,12-14H,2-3,11H2,1H3. The van der Waals surface area contributed by atoms with E-state index < -0.39 is 0 Å². The zero-order valence-electron chi connectivity index (χ0n) is 16.9. The minimum atomic E-state index is -0.185. The molecule has 1 aliphatic carbocycles. The molecular formula is C23H19ClN6O. The number of hydrogen-bond acceptors (Lipinski definition) is 4. The highest BCUT2D eigenvalue weighted by atomic mass is 35.5. The number of rotatable bonds is 4.